The molecule has 1 unspecified atom stereocenters. The van der Waals surface area contributed by atoms with Crippen molar-refractivity contribution in [2.45, 2.75) is 75.9 Å². The van der Waals surface area contributed by atoms with Crippen molar-refractivity contribution in [1.29, 1.82) is 0 Å². The third-order valence-electron chi connectivity index (χ3n) is 8.89. The van der Waals surface area contributed by atoms with Crippen LogP contribution in [0.3, 0.4) is 0 Å². The van der Waals surface area contributed by atoms with E-state index >= 15 is 0 Å². The van der Waals surface area contributed by atoms with Crippen molar-refractivity contribution in [3.63, 3.8) is 0 Å². The van der Waals surface area contributed by atoms with Crippen LogP contribution in [0.15, 0.2) is 59.6 Å². The van der Waals surface area contributed by atoms with Crippen LogP contribution in [0, 0.1) is 5.41 Å². The van der Waals surface area contributed by atoms with E-state index in [0.717, 1.165) is 34.1 Å². The van der Waals surface area contributed by atoms with E-state index in [-0.39, 0.29) is 35.6 Å². The van der Waals surface area contributed by atoms with Crippen molar-refractivity contribution < 1.29 is 14.3 Å². The van der Waals surface area contributed by atoms with E-state index in [1.807, 2.05) is 47.4 Å². The molecule has 1 spiro atoms. The zero-order chi connectivity index (χ0) is 28.8. The molecular formula is C31H40BrClN2O3Si. The van der Waals surface area contributed by atoms with Gasteiger partial charge in [0.05, 0.1) is 14.1 Å². The zero-order valence-electron chi connectivity index (χ0n) is 23.8. The number of carbonyl (C=O) groups is 2. The quantitative estimate of drug-likeness (QED) is 0.264. The molecule has 8 heteroatoms. The molecule has 2 heterocycles. The van der Waals surface area contributed by atoms with Gasteiger partial charge in [-0.25, -0.2) is 0 Å². The Labute approximate surface area is 247 Å². The Morgan fingerprint density at radius 1 is 1.23 bits per heavy atom. The van der Waals surface area contributed by atoms with Gasteiger partial charge in [0.2, 0.25) is 11.8 Å². The Balaban J connectivity index is 0.000000386. The van der Waals surface area contributed by atoms with Gasteiger partial charge in [0.25, 0.3) is 0 Å². The summed E-state index contributed by atoms with van der Waals surface area (Å²) in [6.07, 6.45) is 3.99. The predicted octanol–water partition coefficient (Wildman–Crippen LogP) is 7.56. The number of hydrogen-bond acceptors (Lipinski definition) is 3. The second kappa shape index (κ2) is 11.2. The minimum atomic E-state index is -0.983. The maximum Gasteiger partial charge on any atom is 0.237 e. The predicted molar refractivity (Wildman–Crippen MR) is 166 cm³/mol. The van der Waals surface area contributed by atoms with Crippen LogP contribution in [0.2, 0.25) is 24.7 Å². The van der Waals surface area contributed by atoms with Crippen LogP contribution < -0.4 is 5.32 Å². The molecule has 1 aliphatic carbocycles. The van der Waals surface area contributed by atoms with Crippen molar-refractivity contribution in [2.75, 3.05) is 19.0 Å². The molecule has 0 aromatic heterocycles. The van der Waals surface area contributed by atoms with Crippen molar-refractivity contribution in [2.24, 2.45) is 5.41 Å². The van der Waals surface area contributed by atoms with Crippen LogP contribution in [0.25, 0.3) is 0 Å². The molecule has 2 aliphatic heterocycles. The lowest BCUT2D eigenvalue weighted by Crippen LogP contribution is -2.66. The number of nitrogens with zero attached hydrogens (tertiary/aromatic N) is 1. The number of halogens is 2. The van der Waals surface area contributed by atoms with Gasteiger partial charge in [0.15, 0.2) is 0 Å². The number of piperidine rings is 1. The summed E-state index contributed by atoms with van der Waals surface area (Å²) in [6.45, 7) is 15.6. The SMILES string of the molecule is C=CCN1C(=O)C[C@@H](c2cccc(Cl)c2)[C@]2(C(=O)Nc3cc(Br)ccc32)[C@H]1C1(C)CC1.COC(C)[Si](C)(C)C. The monoisotopic (exact) mass is 630 g/mol. The second-order valence-electron chi connectivity index (χ2n) is 12.5. The average Bonchev–Trinajstić information content (AvgIpc) is 3.55. The highest BCUT2D eigenvalue weighted by atomic mass is 79.9. The van der Waals surface area contributed by atoms with Crippen LogP contribution in [0.4, 0.5) is 5.69 Å². The first-order chi connectivity index (χ1) is 18.3. The number of nitrogens with one attached hydrogen (secondary N) is 1. The average molecular weight is 632 g/mol. The molecule has 0 bridgehead atoms. The van der Waals surface area contributed by atoms with E-state index in [1.54, 1.807) is 13.2 Å². The lowest BCUT2D eigenvalue weighted by Gasteiger charge is -2.53. The summed E-state index contributed by atoms with van der Waals surface area (Å²) in [6, 6.07) is 13.3. The number of anilines is 1. The molecule has 5 rings (SSSR count). The molecule has 4 atom stereocenters. The van der Waals surface area contributed by atoms with E-state index in [0.29, 0.717) is 17.3 Å². The number of amides is 2. The van der Waals surface area contributed by atoms with Gasteiger partial charge in [0, 0.05) is 46.9 Å². The highest BCUT2D eigenvalue weighted by Gasteiger charge is 2.69. The Morgan fingerprint density at radius 2 is 1.92 bits per heavy atom. The van der Waals surface area contributed by atoms with E-state index < -0.39 is 13.5 Å². The molecule has 210 valence electrons. The van der Waals surface area contributed by atoms with Crippen molar-refractivity contribution in [1.82, 2.24) is 4.90 Å². The number of likely N-dealkylation sites (tertiary alicyclic amines) is 1. The zero-order valence-corrected chi connectivity index (χ0v) is 27.2. The van der Waals surface area contributed by atoms with Gasteiger partial charge in [-0.05, 0) is 60.6 Å². The normalized spacial score (nSPS) is 25.9. The first-order valence-corrected chi connectivity index (χ1v) is 18.3. The number of benzene rings is 2. The molecule has 0 radical (unpaired) electrons. The fourth-order valence-corrected chi connectivity index (χ4v) is 7.45. The van der Waals surface area contributed by atoms with Gasteiger partial charge in [-0.1, -0.05) is 78.4 Å². The Hall–Kier alpha value is -1.93. The number of carbonyl (C=O) groups excluding carboxylic acids is 2. The van der Waals surface area contributed by atoms with Crippen molar-refractivity contribution in [3.8, 4) is 0 Å². The Kier molecular flexibility index (Phi) is 8.59. The fraction of sp³-hybridized carbons (Fsp3) is 0.484. The maximum absolute atomic E-state index is 14.0. The highest BCUT2D eigenvalue weighted by molar-refractivity contribution is 9.10. The Morgan fingerprint density at radius 3 is 2.46 bits per heavy atom. The number of fused-ring (bicyclic) bond motifs is 2. The molecule has 2 aromatic carbocycles. The summed E-state index contributed by atoms with van der Waals surface area (Å²) in [5.41, 5.74) is 2.19. The molecule has 1 N–H and O–H groups in total. The van der Waals surface area contributed by atoms with E-state index in [2.05, 4.69) is 61.3 Å². The van der Waals surface area contributed by atoms with Crippen LogP contribution in [0.5, 0.6) is 0 Å². The van der Waals surface area contributed by atoms with Gasteiger partial charge >= 0.3 is 0 Å². The van der Waals surface area contributed by atoms with E-state index in [1.165, 1.54) is 0 Å². The number of rotatable bonds is 6. The highest BCUT2D eigenvalue weighted by Crippen LogP contribution is 2.64. The van der Waals surface area contributed by atoms with E-state index in [9.17, 15) is 9.59 Å². The lowest BCUT2D eigenvalue weighted by atomic mass is 9.56. The van der Waals surface area contributed by atoms with Gasteiger partial charge in [-0.2, -0.15) is 0 Å². The standard InChI is InChI=1S/C25H24BrClN2O2.C6H16OSi/c1-3-11-29-21(30)14-19(15-5-4-6-17(27)12-15)25(22(29)24(2)9-10-24)18-8-7-16(26)13-20(18)28-23(25)31;1-6(7-2)8(3,4)5/h3-8,12-13,19,22H,1,9-11,14H2,2H3,(H,28,31);6H,1-5H3/t19-,22+,25-;/m0./s1. The molecule has 1 saturated carbocycles. The largest absolute Gasteiger partial charge is 0.385 e. The first-order valence-electron chi connectivity index (χ1n) is 13.6. The summed E-state index contributed by atoms with van der Waals surface area (Å²) in [5, 5.41) is 3.76. The van der Waals surface area contributed by atoms with Crippen molar-refractivity contribution in [3.05, 3.63) is 75.7 Å². The van der Waals surface area contributed by atoms with Gasteiger partial charge in [0.1, 0.15) is 5.41 Å². The van der Waals surface area contributed by atoms with Gasteiger partial charge in [-0.3, -0.25) is 9.59 Å². The summed E-state index contributed by atoms with van der Waals surface area (Å²) >= 11 is 9.89. The number of hydrogen-bond donors (Lipinski definition) is 1. The summed E-state index contributed by atoms with van der Waals surface area (Å²) in [4.78, 5) is 29.4. The van der Waals surface area contributed by atoms with Crippen LogP contribution in [-0.4, -0.2) is 50.2 Å². The molecule has 39 heavy (non-hydrogen) atoms. The van der Waals surface area contributed by atoms with E-state index in [4.69, 9.17) is 16.3 Å². The molecule has 2 aromatic rings. The lowest BCUT2D eigenvalue weighted by molar-refractivity contribution is -0.147. The minimum absolute atomic E-state index is 0.0368. The van der Waals surface area contributed by atoms with Crippen LogP contribution in [0.1, 0.15) is 50.2 Å². The van der Waals surface area contributed by atoms with Gasteiger partial charge in [-0.15, -0.1) is 6.58 Å². The topological polar surface area (TPSA) is 58.6 Å². The number of methoxy groups -OCH3 is 1. The molecule has 5 nitrogen and oxygen atoms in total. The van der Waals surface area contributed by atoms with Crippen molar-refractivity contribution >= 4 is 53.1 Å². The third kappa shape index (κ3) is 5.52. The smallest absolute Gasteiger partial charge is 0.237 e. The molecule has 1 saturated heterocycles. The molecule has 2 amide bonds. The third-order valence-corrected chi connectivity index (χ3v) is 12.3. The Bertz CT molecular complexity index is 1270. The molecule has 2 fully saturated rings. The summed E-state index contributed by atoms with van der Waals surface area (Å²) < 4.78 is 6.09. The minimum Gasteiger partial charge on any atom is -0.385 e. The molecule has 3 aliphatic rings. The fourth-order valence-electron chi connectivity index (χ4n) is 6.18. The van der Waals surface area contributed by atoms with Crippen LogP contribution >= 0.6 is 27.5 Å². The first kappa shape index (κ1) is 30.0. The summed E-state index contributed by atoms with van der Waals surface area (Å²) in [5.74, 6) is -0.276. The molecular weight excluding hydrogens is 592 g/mol. The summed E-state index contributed by atoms with van der Waals surface area (Å²) in [7, 11) is 0.798. The van der Waals surface area contributed by atoms with Crippen LogP contribution in [-0.2, 0) is 19.7 Å². The van der Waals surface area contributed by atoms with Gasteiger partial charge < -0.3 is 15.0 Å². The second-order valence-corrected chi connectivity index (χ2v) is 19.4. The maximum atomic E-state index is 14.0. The number of ether oxygens (including phenoxy) is 1.